The average molecular weight is 350 g/mol. The predicted molar refractivity (Wildman–Crippen MR) is 106 cm³/mol. The van der Waals surface area contributed by atoms with E-state index in [9.17, 15) is 4.79 Å². The quantitative estimate of drug-likeness (QED) is 0.845. The number of nitrogens with zero attached hydrogens (tertiary/aromatic N) is 2. The molecule has 136 valence electrons. The van der Waals surface area contributed by atoms with Gasteiger partial charge in [-0.15, -0.1) is 0 Å². The molecule has 0 bridgehead atoms. The van der Waals surface area contributed by atoms with Gasteiger partial charge in [0.25, 0.3) is 5.91 Å². The first-order valence-corrected chi connectivity index (χ1v) is 9.66. The third-order valence-electron chi connectivity index (χ3n) is 5.32. The van der Waals surface area contributed by atoms with Crippen LogP contribution in [0.1, 0.15) is 48.9 Å². The van der Waals surface area contributed by atoms with E-state index in [0.717, 1.165) is 24.5 Å². The van der Waals surface area contributed by atoms with Crippen molar-refractivity contribution in [2.24, 2.45) is 0 Å². The molecule has 1 amide bonds. The molecule has 26 heavy (non-hydrogen) atoms. The molecule has 1 saturated heterocycles. The standard InChI is InChI=1S/C21H26N4O/c26-21(16-13-19(15-22-14-16)23-17-5-1-2-6-17)24-18-7-9-20(10-8-18)25-11-3-4-12-25/h7-10,13-15,17,23H,1-6,11-12H2,(H,24,26). The zero-order chi connectivity index (χ0) is 17.8. The Labute approximate surface area is 154 Å². The predicted octanol–water partition coefficient (Wildman–Crippen LogP) is 4.29. The first-order valence-electron chi connectivity index (χ1n) is 9.66. The van der Waals surface area contributed by atoms with Crippen molar-refractivity contribution in [1.82, 2.24) is 4.98 Å². The SMILES string of the molecule is O=C(Nc1ccc(N2CCCC2)cc1)c1cncc(NC2CCCC2)c1. The molecule has 1 aliphatic carbocycles. The lowest BCUT2D eigenvalue weighted by atomic mass is 10.2. The molecule has 2 N–H and O–H groups in total. The van der Waals surface area contributed by atoms with E-state index >= 15 is 0 Å². The van der Waals surface area contributed by atoms with Crippen LogP contribution in [-0.2, 0) is 0 Å². The summed E-state index contributed by atoms with van der Waals surface area (Å²) in [6.45, 7) is 2.25. The Morgan fingerprint density at radius 3 is 2.42 bits per heavy atom. The van der Waals surface area contributed by atoms with E-state index in [1.165, 1.54) is 44.2 Å². The number of benzene rings is 1. The topological polar surface area (TPSA) is 57.3 Å². The molecule has 2 fully saturated rings. The van der Waals surface area contributed by atoms with Gasteiger partial charge in [0, 0.05) is 42.9 Å². The van der Waals surface area contributed by atoms with Gasteiger partial charge >= 0.3 is 0 Å². The van der Waals surface area contributed by atoms with Crippen molar-refractivity contribution in [2.75, 3.05) is 28.6 Å². The number of nitrogens with one attached hydrogen (secondary N) is 2. The van der Waals surface area contributed by atoms with E-state index in [-0.39, 0.29) is 5.91 Å². The maximum Gasteiger partial charge on any atom is 0.257 e. The second-order valence-electron chi connectivity index (χ2n) is 7.28. The van der Waals surface area contributed by atoms with Crippen molar-refractivity contribution in [2.45, 2.75) is 44.6 Å². The first-order chi connectivity index (χ1) is 12.8. The normalized spacial score (nSPS) is 17.5. The summed E-state index contributed by atoms with van der Waals surface area (Å²) >= 11 is 0. The highest BCUT2D eigenvalue weighted by atomic mass is 16.1. The van der Waals surface area contributed by atoms with Gasteiger partial charge in [-0.25, -0.2) is 0 Å². The molecule has 4 rings (SSSR count). The van der Waals surface area contributed by atoms with Crippen molar-refractivity contribution >= 4 is 23.0 Å². The summed E-state index contributed by atoms with van der Waals surface area (Å²) in [5.41, 5.74) is 3.54. The van der Waals surface area contributed by atoms with E-state index in [1.807, 2.05) is 18.2 Å². The lowest BCUT2D eigenvalue weighted by Gasteiger charge is -2.18. The number of amides is 1. The Balaban J connectivity index is 1.39. The Morgan fingerprint density at radius 2 is 1.69 bits per heavy atom. The molecule has 5 heteroatoms. The second kappa shape index (κ2) is 7.77. The van der Waals surface area contributed by atoms with E-state index in [0.29, 0.717) is 11.6 Å². The molecular formula is C21H26N4O. The maximum atomic E-state index is 12.6. The average Bonchev–Trinajstić information content (AvgIpc) is 3.36. The Hall–Kier alpha value is -2.56. The molecule has 0 radical (unpaired) electrons. The van der Waals surface area contributed by atoms with Crippen molar-refractivity contribution in [3.8, 4) is 0 Å². The largest absolute Gasteiger partial charge is 0.381 e. The van der Waals surface area contributed by atoms with Crippen LogP contribution in [0.5, 0.6) is 0 Å². The van der Waals surface area contributed by atoms with Gasteiger partial charge in [-0.2, -0.15) is 0 Å². The number of hydrogen-bond donors (Lipinski definition) is 2. The van der Waals surface area contributed by atoms with Crippen LogP contribution in [0.15, 0.2) is 42.7 Å². The summed E-state index contributed by atoms with van der Waals surface area (Å²) in [5.74, 6) is -0.124. The minimum Gasteiger partial charge on any atom is -0.381 e. The van der Waals surface area contributed by atoms with Gasteiger partial charge in [0.1, 0.15) is 0 Å². The van der Waals surface area contributed by atoms with E-state index < -0.39 is 0 Å². The first kappa shape index (κ1) is 16.9. The summed E-state index contributed by atoms with van der Waals surface area (Å²) in [4.78, 5) is 19.2. The molecule has 0 unspecified atom stereocenters. The highest BCUT2D eigenvalue weighted by molar-refractivity contribution is 6.04. The molecule has 2 heterocycles. The molecule has 5 nitrogen and oxygen atoms in total. The number of pyridine rings is 1. The van der Waals surface area contributed by atoms with E-state index in [2.05, 4.69) is 32.7 Å². The van der Waals surface area contributed by atoms with Crippen LogP contribution in [-0.4, -0.2) is 30.0 Å². The fourth-order valence-corrected chi connectivity index (χ4v) is 3.88. The second-order valence-corrected chi connectivity index (χ2v) is 7.28. The van der Waals surface area contributed by atoms with Crippen molar-refractivity contribution in [3.05, 3.63) is 48.3 Å². The summed E-state index contributed by atoms with van der Waals surface area (Å²) in [5, 5.41) is 6.46. The fourth-order valence-electron chi connectivity index (χ4n) is 3.88. The van der Waals surface area contributed by atoms with Gasteiger partial charge in [0.15, 0.2) is 0 Å². The smallest absolute Gasteiger partial charge is 0.257 e. The molecule has 1 aliphatic heterocycles. The third kappa shape index (κ3) is 3.98. The maximum absolute atomic E-state index is 12.6. The minimum absolute atomic E-state index is 0.124. The van der Waals surface area contributed by atoms with Gasteiger partial charge in [-0.1, -0.05) is 12.8 Å². The molecule has 1 aromatic carbocycles. The van der Waals surface area contributed by atoms with E-state index in [4.69, 9.17) is 0 Å². The number of rotatable bonds is 5. The summed E-state index contributed by atoms with van der Waals surface area (Å²) in [6, 6.07) is 10.5. The van der Waals surface area contributed by atoms with Crippen molar-refractivity contribution < 1.29 is 4.79 Å². The molecule has 0 atom stereocenters. The summed E-state index contributed by atoms with van der Waals surface area (Å²) in [6.07, 6.45) is 10.9. The zero-order valence-corrected chi connectivity index (χ0v) is 15.1. The van der Waals surface area contributed by atoms with Crippen LogP contribution in [0.4, 0.5) is 17.1 Å². The molecule has 0 spiro atoms. The lowest BCUT2D eigenvalue weighted by molar-refractivity contribution is 0.102. The van der Waals surface area contributed by atoms with Crippen molar-refractivity contribution in [3.63, 3.8) is 0 Å². The highest BCUT2D eigenvalue weighted by Crippen LogP contribution is 2.24. The Bertz CT molecular complexity index is 747. The van der Waals surface area contributed by atoms with Crippen LogP contribution in [0.25, 0.3) is 0 Å². The molecule has 2 aliphatic rings. The Morgan fingerprint density at radius 1 is 0.962 bits per heavy atom. The summed E-state index contributed by atoms with van der Waals surface area (Å²) in [7, 11) is 0. The molecule has 1 saturated carbocycles. The highest BCUT2D eigenvalue weighted by Gasteiger charge is 2.16. The number of carbonyl (C=O) groups is 1. The monoisotopic (exact) mass is 350 g/mol. The fraction of sp³-hybridized carbons (Fsp3) is 0.429. The van der Waals surface area contributed by atoms with Crippen LogP contribution in [0.3, 0.4) is 0 Å². The van der Waals surface area contributed by atoms with Crippen LogP contribution < -0.4 is 15.5 Å². The van der Waals surface area contributed by atoms with Crippen LogP contribution >= 0.6 is 0 Å². The van der Waals surface area contributed by atoms with Gasteiger partial charge in [-0.05, 0) is 56.0 Å². The number of carbonyl (C=O) groups excluding carboxylic acids is 1. The zero-order valence-electron chi connectivity index (χ0n) is 15.1. The molecular weight excluding hydrogens is 324 g/mol. The third-order valence-corrected chi connectivity index (χ3v) is 5.32. The number of hydrogen-bond acceptors (Lipinski definition) is 4. The van der Waals surface area contributed by atoms with Crippen molar-refractivity contribution in [1.29, 1.82) is 0 Å². The minimum atomic E-state index is -0.124. The van der Waals surface area contributed by atoms with Gasteiger partial charge in [-0.3, -0.25) is 9.78 Å². The Kier molecular flexibility index (Phi) is 5.04. The summed E-state index contributed by atoms with van der Waals surface area (Å²) < 4.78 is 0. The van der Waals surface area contributed by atoms with Crippen LogP contribution in [0, 0.1) is 0 Å². The van der Waals surface area contributed by atoms with E-state index in [1.54, 1.807) is 12.4 Å². The lowest BCUT2D eigenvalue weighted by Crippen LogP contribution is -2.18. The number of anilines is 3. The van der Waals surface area contributed by atoms with Gasteiger partial charge in [0.05, 0.1) is 11.3 Å². The number of aromatic nitrogens is 1. The molecule has 2 aromatic rings. The van der Waals surface area contributed by atoms with Gasteiger partial charge < -0.3 is 15.5 Å². The molecule has 1 aromatic heterocycles. The van der Waals surface area contributed by atoms with Gasteiger partial charge in [0.2, 0.25) is 0 Å². The van der Waals surface area contributed by atoms with Crippen LogP contribution in [0.2, 0.25) is 0 Å².